The summed E-state index contributed by atoms with van der Waals surface area (Å²) in [6, 6.07) is 0. The average Bonchev–Trinajstić information content (AvgIpc) is 2.52. The first-order valence-corrected chi connectivity index (χ1v) is 6.53. The molecule has 3 nitrogen and oxygen atoms in total. The van der Waals surface area contributed by atoms with Gasteiger partial charge in [-0.2, -0.15) is 0 Å². The summed E-state index contributed by atoms with van der Waals surface area (Å²) < 4.78 is 0. The van der Waals surface area contributed by atoms with Crippen LogP contribution in [-0.4, -0.2) is 15.7 Å². The molecule has 2 heterocycles. The van der Waals surface area contributed by atoms with E-state index in [9.17, 15) is 0 Å². The Morgan fingerprint density at radius 2 is 2.19 bits per heavy atom. The van der Waals surface area contributed by atoms with E-state index in [0.717, 1.165) is 10.2 Å². The highest BCUT2D eigenvalue weighted by molar-refractivity contribution is 7.99. The van der Waals surface area contributed by atoms with Crippen LogP contribution in [0.4, 0.5) is 5.82 Å². The third-order valence-corrected chi connectivity index (χ3v) is 4.17. The lowest BCUT2D eigenvalue weighted by Gasteiger charge is -2.00. The van der Waals surface area contributed by atoms with E-state index in [1.165, 1.54) is 22.2 Å². The summed E-state index contributed by atoms with van der Waals surface area (Å²) >= 11 is 3.08. The zero-order valence-electron chi connectivity index (χ0n) is 9.07. The van der Waals surface area contributed by atoms with Gasteiger partial charge in [0.2, 0.25) is 0 Å². The molecule has 0 aliphatic heterocycles. The quantitative estimate of drug-likeness (QED) is 0.505. The molecule has 0 bridgehead atoms. The van der Waals surface area contributed by atoms with Crippen molar-refractivity contribution >= 4 is 39.1 Å². The third-order valence-electron chi connectivity index (χ3n) is 2.32. The summed E-state index contributed by atoms with van der Waals surface area (Å²) in [7, 11) is 0. The van der Waals surface area contributed by atoms with Gasteiger partial charge in [0.25, 0.3) is 0 Å². The molecule has 82 valence electrons. The third kappa shape index (κ3) is 1.86. The molecule has 0 fully saturated rings. The Labute approximate surface area is 102 Å². The van der Waals surface area contributed by atoms with E-state index >= 15 is 0 Å². The molecule has 0 aromatic carbocycles. The van der Waals surface area contributed by atoms with Crippen molar-refractivity contribution in [2.75, 3.05) is 11.5 Å². The predicted octanol–water partition coefficient (Wildman–Crippen LogP) is 2.62. The van der Waals surface area contributed by atoms with Crippen molar-refractivity contribution in [2.45, 2.75) is 19.0 Å². The first kappa shape index (κ1) is 11.2. The number of nitrogens with zero attached hydrogens (tertiary/aromatic N) is 2. The number of anilines is 1. The largest absolute Gasteiger partial charge is 0.383 e. The van der Waals surface area contributed by atoms with Gasteiger partial charge in [0.05, 0.1) is 11.1 Å². The molecule has 0 aliphatic carbocycles. The molecule has 0 saturated heterocycles. The number of aromatic nitrogens is 2. The number of hydrogen-bond donors (Lipinski definition) is 1. The monoisotopic (exact) mass is 249 g/mol. The van der Waals surface area contributed by atoms with Crippen molar-refractivity contribution < 1.29 is 0 Å². The number of nitrogen functional groups attached to an aromatic ring is 1. The first-order valence-electron chi connectivity index (χ1n) is 4.73. The topological polar surface area (TPSA) is 51.8 Å². The fourth-order valence-electron chi connectivity index (χ4n) is 1.43. The molecule has 0 radical (unpaired) electrons. The van der Waals surface area contributed by atoms with E-state index < -0.39 is 0 Å². The zero-order chi connectivity index (χ0) is 11.7. The summed E-state index contributed by atoms with van der Waals surface area (Å²) in [5, 5.41) is 1.64. The Bertz CT molecular complexity index is 581. The molecular weight excluding hydrogens is 238 g/mol. The van der Waals surface area contributed by atoms with Gasteiger partial charge in [-0.1, -0.05) is 17.7 Å². The van der Waals surface area contributed by atoms with Crippen LogP contribution in [0, 0.1) is 26.2 Å². The highest BCUT2D eigenvalue weighted by Crippen LogP contribution is 2.33. The number of rotatable bonds is 2. The molecule has 2 N–H and O–H groups in total. The lowest BCUT2D eigenvalue weighted by atomic mass is 10.2. The molecule has 0 atom stereocenters. The van der Waals surface area contributed by atoms with Gasteiger partial charge in [-0.3, -0.25) is 0 Å². The van der Waals surface area contributed by atoms with E-state index in [2.05, 4.69) is 22.8 Å². The van der Waals surface area contributed by atoms with E-state index in [0.29, 0.717) is 16.7 Å². The van der Waals surface area contributed by atoms with Crippen LogP contribution in [-0.2, 0) is 0 Å². The lowest BCUT2D eigenvalue weighted by Crippen LogP contribution is -1.96. The fourth-order valence-corrected chi connectivity index (χ4v) is 3.06. The standard InChI is InChI=1S/C11H11N3S2/c1-4-5-15-11-13-9(12)8-6(2)7(3)16-10(8)14-11/h1H,5H2,2-3H3,(H2,12,13,14). The Balaban J connectivity index is 2.56. The Morgan fingerprint density at radius 3 is 2.88 bits per heavy atom. The maximum atomic E-state index is 5.93. The highest BCUT2D eigenvalue weighted by atomic mass is 32.2. The van der Waals surface area contributed by atoms with Crippen molar-refractivity contribution in [3.8, 4) is 12.3 Å². The molecule has 5 heteroatoms. The van der Waals surface area contributed by atoms with Gasteiger partial charge < -0.3 is 5.73 Å². The summed E-state index contributed by atoms with van der Waals surface area (Å²) in [5.74, 6) is 3.66. The van der Waals surface area contributed by atoms with Crippen LogP contribution in [0.3, 0.4) is 0 Å². The molecular formula is C11H11N3S2. The zero-order valence-corrected chi connectivity index (χ0v) is 10.7. The van der Waals surface area contributed by atoms with Crippen LogP contribution in [0.2, 0.25) is 0 Å². The van der Waals surface area contributed by atoms with Crippen LogP contribution >= 0.6 is 23.1 Å². The molecule has 0 saturated carbocycles. The number of aryl methyl sites for hydroxylation is 2. The lowest BCUT2D eigenvalue weighted by molar-refractivity contribution is 1.02. The van der Waals surface area contributed by atoms with Crippen molar-refractivity contribution in [3.63, 3.8) is 0 Å². The Kier molecular flexibility index (Phi) is 3.03. The van der Waals surface area contributed by atoms with Crippen LogP contribution in [0.15, 0.2) is 5.16 Å². The Hall–Kier alpha value is -1.25. The van der Waals surface area contributed by atoms with Gasteiger partial charge in [0, 0.05) is 4.88 Å². The number of thiophene rings is 1. The molecule has 16 heavy (non-hydrogen) atoms. The van der Waals surface area contributed by atoms with Crippen LogP contribution < -0.4 is 5.73 Å². The summed E-state index contributed by atoms with van der Waals surface area (Å²) in [6.45, 7) is 4.11. The smallest absolute Gasteiger partial charge is 0.191 e. The molecule has 0 spiro atoms. The molecule has 2 aromatic rings. The minimum absolute atomic E-state index is 0.548. The number of thioether (sulfide) groups is 1. The number of terminal acetylenes is 1. The van der Waals surface area contributed by atoms with Gasteiger partial charge in [0.15, 0.2) is 5.16 Å². The first-order chi connectivity index (χ1) is 7.63. The predicted molar refractivity (Wildman–Crippen MR) is 70.9 cm³/mol. The maximum absolute atomic E-state index is 5.93. The van der Waals surface area contributed by atoms with Gasteiger partial charge in [-0.05, 0) is 19.4 Å². The van der Waals surface area contributed by atoms with E-state index in [1.807, 2.05) is 6.92 Å². The minimum Gasteiger partial charge on any atom is -0.383 e. The second kappa shape index (κ2) is 4.32. The second-order valence-electron chi connectivity index (χ2n) is 3.35. The maximum Gasteiger partial charge on any atom is 0.191 e. The summed E-state index contributed by atoms with van der Waals surface area (Å²) in [4.78, 5) is 10.9. The van der Waals surface area contributed by atoms with E-state index in [4.69, 9.17) is 12.2 Å². The van der Waals surface area contributed by atoms with Crippen LogP contribution in [0.25, 0.3) is 10.2 Å². The van der Waals surface area contributed by atoms with Gasteiger partial charge in [-0.25, -0.2) is 9.97 Å². The molecule has 0 aliphatic rings. The second-order valence-corrected chi connectivity index (χ2v) is 5.49. The summed E-state index contributed by atoms with van der Waals surface area (Å²) in [6.07, 6.45) is 5.20. The molecule has 0 amide bonds. The van der Waals surface area contributed by atoms with Crippen molar-refractivity contribution in [1.29, 1.82) is 0 Å². The van der Waals surface area contributed by atoms with Gasteiger partial charge in [0.1, 0.15) is 10.6 Å². The fraction of sp³-hybridized carbons (Fsp3) is 0.273. The Morgan fingerprint density at radius 1 is 1.44 bits per heavy atom. The number of fused-ring (bicyclic) bond motifs is 1. The van der Waals surface area contributed by atoms with Crippen molar-refractivity contribution in [2.24, 2.45) is 0 Å². The van der Waals surface area contributed by atoms with Crippen LogP contribution in [0.5, 0.6) is 0 Å². The van der Waals surface area contributed by atoms with Gasteiger partial charge in [-0.15, -0.1) is 17.8 Å². The van der Waals surface area contributed by atoms with Crippen LogP contribution in [0.1, 0.15) is 10.4 Å². The molecule has 2 rings (SSSR count). The molecule has 0 unspecified atom stereocenters. The summed E-state index contributed by atoms with van der Waals surface area (Å²) in [5.41, 5.74) is 7.11. The number of nitrogens with two attached hydrogens (primary N) is 1. The molecule has 2 aromatic heterocycles. The average molecular weight is 249 g/mol. The van der Waals surface area contributed by atoms with Gasteiger partial charge >= 0.3 is 0 Å². The number of hydrogen-bond acceptors (Lipinski definition) is 5. The normalized spacial score (nSPS) is 10.6. The SMILES string of the molecule is C#CCSc1nc(N)c2c(C)c(C)sc2n1. The van der Waals surface area contributed by atoms with E-state index in [1.54, 1.807) is 11.3 Å². The van der Waals surface area contributed by atoms with Crippen molar-refractivity contribution in [3.05, 3.63) is 10.4 Å². The highest BCUT2D eigenvalue weighted by Gasteiger charge is 2.12. The minimum atomic E-state index is 0.548. The van der Waals surface area contributed by atoms with Crippen molar-refractivity contribution in [1.82, 2.24) is 9.97 Å². The van der Waals surface area contributed by atoms with E-state index in [-0.39, 0.29) is 0 Å².